The highest BCUT2D eigenvalue weighted by Gasteiger charge is 2.22. The second-order valence-electron chi connectivity index (χ2n) is 5.18. The van der Waals surface area contributed by atoms with Gasteiger partial charge in [-0.3, -0.25) is 0 Å². The number of hydrogen-bond donors (Lipinski definition) is 2. The maximum absolute atomic E-state index is 12.5. The molecule has 1 aromatic rings. The smallest absolute Gasteiger partial charge is 0.241 e. The summed E-state index contributed by atoms with van der Waals surface area (Å²) in [4.78, 5) is 0.371. The first-order chi connectivity index (χ1) is 9.42. The van der Waals surface area contributed by atoms with E-state index in [1.807, 2.05) is 26.0 Å². The summed E-state index contributed by atoms with van der Waals surface area (Å²) in [5, 5.41) is 3.17. The highest BCUT2D eigenvalue weighted by atomic mass is 32.2. The van der Waals surface area contributed by atoms with Crippen LogP contribution in [0.1, 0.15) is 39.7 Å². The van der Waals surface area contributed by atoms with Gasteiger partial charge < -0.3 is 5.32 Å². The molecule has 0 radical (unpaired) electrons. The normalized spacial score (nSPS) is 15.0. The molecular weight excluding hydrogens is 272 g/mol. The molecule has 1 aromatic carbocycles. The van der Waals surface area contributed by atoms with E-state index in [1.165, 1.54) is 0 Å². The minimum atomic E-state index is -3.47. The van der Waals surface area contributed by atoms with Crippen LogP contribution in [0.3, 0.4) is 0 Å². The minimum absolute atomic E-state index is 0.0720. The zero-order valence-electron chi connectivity index (χ0n) is 12.8. The monoisotopic (exact) mass is 298 g/mol. The fourth-order valence-electron chi connectivity index (χ4n) is 1.95. The molecule has 0 fully saturated rings. The number of rotatable bonds is 8. The van der Waals surface area contributed by atoms with E-state index < -0.39 is 10.0 Å². The molecule has 2 N–H and O–H groups in total. The summed E-state index contributed by atoms with van der Waals surface area (Å²) in [6.07, 6.45) is 0.947. The van der Waals surface area contributed by atoms with Crippen molar-refractivity contribution in [2.75, 3.05) is 6.54 Å². The van der Waals surface area contributed by atoms with Crippen molar-refractivity contribution in [3.8, 4) is 0 Å². The van der Waals surface area contributed by atoms with Crippen LogP contribution in [0.15, 0.2) is 29.2 Å². The summed E-state index contributed by atoms with van der Waals surface area (Å²) in [7, 11) is -3.47. The first-order valence-corrected chi connectivity index (χ1v) is 8.71. The van der Waals surface area contributed by atoms with Crippen LogP contribution < -0.4 is 10.0 Å². The summed E-state index contributed by atoms with van der Waals surface area (Å²) >= 11 is 0. The predicted molar refractivity (Wildman–Crippen MR) is 83.1 cm³/mol. The Bertz CT molecular complexity index is 514. The van der Waals surface area contributed by atoms with Crippen molar-refractivity contribution in [1.82, 2.24) is 10.0 Å². The average molecular weight is 298 g/mol. The lowest BCUT2D eigenvalue weighted by Gasteiger charge is -2.21. The van der Waals surface area contributed by atoms with Gasteiger partial charge in [-0.25, -0.2) is 13.1 Å². The van der Waals surface area contributed by atoms with Gasteiger partial charge in [0.1, 0.15) is 0 Å². The van der Waals surface area contributed by atoms with Crippen LogP contribution in [0.2, 0.25) is 0 Å². The third-order valence-corrected chi connectivity index (χ3v) is 5.33. The maximum Gasteiger partial charge on any atom is 0.241 e. The molecule has 0 amide bonds. The average Bonchev–Trinajstić information content (AvgIpc) is 2.43. The Morgan fingerprint density at radius 1 is 1.15 bits per heavy atom. The zero-order chi connectivity index (χ0) is 15.2. The molecule has 0 aliphatic carbocycles. The van der Waals surface area contributed by atoms with E-state index in [2.05, 4.69) is 23.9 Å². The molecule has 2 atom stereocenters. The Kier molecular flexibility index (Phi) is 6.65. The molecule has 0 aromatic heterocycles. The third kappa shape index (κ3) is 4.58. The highest BCUT2D eigenvalue weighted by molar-refractivity contribution is 7.89. The summed E-state index contributed by atoms with van der Waals surface area (Å²) in [5.41, 5.74) is 0.804. The first kappa shape index (κ1) is 17.1. The van der Waals surface area contributed by atoms with Crippen LogP contribution in [0.25, 0.3) is 0 Å². The van der Waals surface area contributed by atoms with Crippen LogP contribution in [0, 0.1) is 5.92 Å². The van der Waals surface area contributed by atoms with E-state index in [-0.39, 0.29) is 6.04 Å². The Morgan fingerprint density at radius 2 is 1.80 bits per heavy atom. The molecular formula is C15H26N2O2S. The standard InChI is InChI=1S/C15H26N2O2S/c1-5-12(3)13(4)17-20(18,19)15-10-8-7-9-14(15)11-16-6-2/h7-10,12-13,16-17H,5-6,11H2,1-4H3. The molecule has 0 heterocycles. The van der Waals surface area contributed by atoms with Crippen molar-refractivity contribution in [1.29, 1.82) is 0 Å². The highest BCUT2D eigenvalue weighted by Crippen LogP contribution is 2.17. The van der Waals surface area contributed by atoms with Crippen LogP contribution in [-0.4, -0.2) is 21.0 Å². The van der Waals surface area contributed by atoms with E-state index in [0.29, 0.717) is 17.4 Å². The Hall–Kier alpha value is -0.910. The van der Waals surface area contributed by atoms with Crippen molar-refractivity contribution in [2.45, 2.75) is 51.6 Å². The first-order valence-electron chi connectivity index (χ1n) is 7.23. The lowest BCUT2D eigenvalue weighted by Crippen LogP contribution is -2.37. The molecule has 0 spiro atoms. The van der Waals surface area contributed by atoms with Crippen LogP contribution in [0.4, 0.5) is 0 Å². The van der Waals surface area contributed by atoms with Crippen molar-refractivity contribution >= 4 is 10.0 Å². The summed E-state index contributed by atoms with van der Waals surface area (Å²) in [6, 6.07) is 7.07. The molecule has 0 saturated carbocycles. The Labute approximate surface area is 123 Å². The fraction of sp³-hybridized carbons (Fsp3) is 0.600. The minimum Gasteiger partial charge on any atom is -0.313 e. The van der Waals surface area contributed by atoms with Crippen LogP contribution >= 0.6 is 0 Å². The molecule has 0 aliphatic rings. The van der Waals surface area contributed by atoms with Gasteiger partial charge in [-0.15, -0.1) is 0 Å². The molecule has 0 bridgehead atoms. The van der Waals surface area contributed by atoms with Gasteiger partial charge in [0.2, 0.25) is 10.0 Å². The molecule has 20 heavy (non-hydrogen) atoms. The van der Waals surface area contributed by atoms with Gasteiger partial charge >= 0.3 is 0 Å². The quantitative estimate of drug-likeness (QED) is 0.775. The fourth-order valence-corrected chi connectivity index (χ4v) is 3.54. The van der Waals surface area contributed by atoms with Gasteiger partial charge in [0, 0.05) is 12.6 Å². The molecule has 4 nitrogen and oxygen atoms in total. The van der Waals surface area contributed by atoms with Gasteiger partial charge in [-0.05, 0) is 31.0 Å². The molecule has 114 valence electrons. The van der Waals surface area contributed by atoms with Crippen molar-refractivity contribution in [3.05, 3.63) is 29.8 Å². The number of hydrogen-bond acceptors (Lipinski definition) is 3. The van der Waals surface area contributed by atoms with Gasteiger partial charge in [0.25, 0.3) is 0 Å². The second kappa shape index (κ2) is 7.76. The summed E-state index contributed by atoms with van der Waals surface area (Å²) < 4.78 is 27.8. The number of benzene rings is 1. The van der Waals surface area contributed by atoms with Crippen molar-refractivity contribution < 1.29 is 8.42 Å². The summed E-state index contributed by atoms with van der Waals surface area (Å²) in [6.45, 7) is 9.40. The maximum atomic E-state index is 12.5. The molecule has 1 rings (SSSR count). The van der Waals surface area contributed by atoms with Crippen molar-refractivity contribution in [3.63, 3.8) is 0 Å². The lowest BCUT2D eigenvalue weighted by atomic mass is 10.0. The zero-order valence-corrected chi connectivity index (χ0v) is 13.6. The van der Waals surface area contributed by atoms with Crippen molar-refractivity contribution in [2.24, 2.45) is 5.92 Å². The molecule has 0 aliphatic heterocycles. The Balaban J connectivity index is 2.97. The molecule has 2 unspecified atom stereocenters. The SMILES string of the molecule is CCNCc1ccccc1S(=O)(=O)NC(C)C(C)CC. The van der Waals surface area contributed by atoms with Crippen LogP contribution in [-0.2, 0) is 16.6 Å². The lowest BCUT2D eigenvalue weighted by molar-refractivity contribution is 0.433. The van der Waals surface area contributed by atoms with E-state index >= 15 is 0 Å². The molecule has 0 saturated heterocycles. The van der Waals surface area contributed by atoms with E-state index in [1.54, 1.807) is 12.1 Å². The van der Waals surface area contributed by atoms with Gasteiger partial charge in [0.15, 0.2) is 0 Å². The second-order valence-corrected chi connectivity index (χ2v) is 6.87. The number of nitrogens with one attached hydrogen (secondary N) is 2. The van der Waals surface area contributed by atoms with E-state index in [9.17, 15) is 8.42 Å². The van der Waals surface area contributed by atoms with Gasteiger partial charge in [0.05, 0.1) is 4.90 Å². The van der Waals surface area contributed by atoms with Crippen LogP contribution in [0.5, 0.6) is 0 Å². The predicted octanol–water partition coefficient (Wildman–Crippen LogP) is 2.51. The van der Waals surface area contributed by atoms with E-state index in [0.717, 1.165) is 18.5 Å². The summed E-state index contributed by atoms with van der Waals surface area (Å²) in [5.74, 6) is 0.311. The number of sulfonamides is 1. The largest absolute Gasteiger partial charge is 0.313 e. The Morgan fingerprint density at radius 3 is 2.40 bits per heavy atom. The molecule has 5 heteroatoms. The van der Waals surface area contributed by atoms with Gasteiger partial charge in [-0.1, -0.05) is 45.4 Å². The topological polar surface area (TPSA) is 58.2 Å². The van der Waals surface area contributed by atoms with E-state index in [4.69, 9.17) is 0 Å². The third-order valence-electron chi connectivity index (χ3n) is 3.67. The van der Waals surface area contributed by atoms with Gasteiger partial charge in [-0.2, -0.15) is 0 Å².